The molecule has 0 bridgehead atoms. The second kappa shape index (κ2) is 6.50. The Hall–Kier alpha value is -1.85. The van der Waals surface area contributed by atoms with Gasteiger partial charge in [0.1, 0.15) is 17.0 Å². The minimum absolute atomic E-state index is 0.000425. The fourth-order valence-corrected chi connectivity index (χ4v) is 3.08. The number of hydrogen-bond acceptors (Lipinski definition) is 4. The van der Waals surface area contributed by atoms with Crippen molar-refractivity contribution in [1.29, 1.82) is 0 Å². The normalized spacial score (nSPS) is 19.4. The summed E-state index contributed by atoms with van der Waals surface area (Å²) in [7, 11) is 0. The zero-order chi connectivity index (χ0) is 15.5. The quantitative estimate of drug-likeness (QED) is 0.879. The van der Waals surface area contributed by atoms with Crippen molar-refractivity contribution in [3.8, 4) is 0 Å². The van der Waals surface area contributed by atoms with Crippen LogP contribution in [-0.2, 0) is 0 Å². The molecule has 0 aliphatic carbocycles. The molecule has 0 aromatic carbocycles. The van der Waals surface area contributed by atoms with Crippen LogP contribution in [0, 0.1) is 0 Å². The molecule has 5 nitrogen and oxygen atoms in total. The monoisotopic (exact) mass is 320 g/mol. The van der Waals surface area contributed by atoms with Crippen molar-refractivity contribution >= 4 is 17.5 Å². The largest absolute Gasteiger partial charge is 0.467 e. The first-order valence-corrected chi connectivity index (χ1v) is 7.67. The number of nitrogens with zero attached hydrogens (tertiary/aromatic N) is 2. The van der Waals surface area contributed by atoms with Crippen molar-refractivity contribution in [3.05, 3.63) is 53.2 Å². The van der Waals surface area contributed by atoms with E-state index in [9.17, 15) is 9.90 Å². The maximum atomic E-state index is 12.6. The number of hydrogen-bond donors (Lipinski definition) is 1. The van der Waals surface area contributed by atoms with E-state index in [0.29, 0.717) is 29.4 Å². The Morgan fingerprint density at radius 2 is 2.41 bits per heavy atom. The lowest BCUT2D eigenvalue weighted by molar-refractivity contribution is 0.0641. The van der Waals surface area contributed by atoms with E-state index in [2.05, 4.69) is 4.98 Å². The van der Waals surface area contributed by atoms with Crippen LogP contribution in [0.3, 0.4) is 0 Å². The summed E-state index contributed by atoms with van der Waals surface area (Å²) in [6.45, 7) is 0.689. The third-order valence-electron chi connectivity index (χ3n) is 3.98. The van der Waals surface area contributed by atoms with Crippen LogP contribution < -0.4 is 0 Å². The van der Waals surface area contributed by atoms with E-state index in [-0.39, 0.29) is 11.9 Å². The SMILES string of the molecule is O=C(c1ccnc(Cl)c1)N1CCCC1CC(O)c1ccco1. The van der Waals surface area contributed by atoms with Gasteiger partial charge in [0, 0.05) is 30.8 Å². The Morgan fingerprint density at radius 1 is 1.55 bits per heavy atom. The number of likely N-dealkylation sites (tertiary alicyclic amines) is 1. The Balaban J connectivity index is 1.71. The number of aliphatic hydroxyl groups is 1. The molecule has 1 aliphatic rings. The van der Waals surface area contributed by atoms with Gasteiger partial charge in [-0.1, -0.05) is 11.6 Å². The summed E-state index contributed by atoms with van der Waals surface area (Å²) in [6, 6.07) is 6.72. The molecule has 1 amide bonds. The average Bonchev–Trinajstić information content (AvgIpc) is 3.18. The molecule has 22 heavy (non-hydrogen) atoms. The lowest BCUT2D eigenvalue weighted by atomic mass is 10.0. The number of aliphatic hydroxyl groups excluding tert-OH is 1. The summed E-state index contributed by atoms with van der Waals surface area (Å²) in [6.07, 6.45) is 4.64. The molecule has 0 radical (unpaired) electrons. The topological polar surface area (TPSA) is 66.6 Å². The number of amides is 1. The van der Waals surface area contributed by atoms with Crippen molar-refractivity contribution in [1.82, 2.24) is 9.88 Å². The van der Waals surface area contributed by atoms with Gasteiger partial charge in [-0.3, -0.25) is 4.79 Å². The lowest BCUT2D eigenvalue weighted by Crippen LogP contribution is -2.36. The summed E-state index contributed by atoms with van der Waals surface area (Å²) >= 11 is 5.85. The van der Waals surface area contributed by atoms with Crippen molar-refractivity contribution in [2.45, 2.75) is 31.4 Å². The third-order valence-corrected chi connectivity index (χ3v) is 4.19. The molecule has 0 saturated carbocycles. The van der Waals surface area contributed by atoms with Gasteiger partial charge in [-0.15, -0.1) is 0 Å². The number of carbonyl (C=O) groups is 1. The Bertz CT molecular complexity index is 645. The van der Waals surface area contributed by atoms with Crippen LogP contribution in [0.2, 0.25) is 5.15 Å². The number of furan rings is 1. The minimum Gasteiger partial charge on any atom is -0.467 e. The molecule has 1 N–H and O–H groups in total. The molecule has 2 unspecified atom stereocenters. The zero-order valence-corrected chi connectivity index (χ0v) is 12.7. The first-order valence-electron chi connectivity index (χ1n) is 7.29. The molecule has 1 fully saturated rings. The van der Waals surface area contributed by atoms with E-state index in [1.54, 1.807) is 29.2 Å². The molecule has 2 atom stereocenters. The summed E-state index contributed by atoms with van der Waals surface area (Å²) in [4.78, 5) is 18.3. The van der Waals surface area contributed by atoms with Crippen LogP contribution in [0.4, 0.5) is 0 Å². The fourth-order valence-electron chi connectivity index (χ4n) is 2.90. The molecule has 2 aromatic heterocycles. The number of aromatic nitrogens is 1. The predicted octanol–water partition coefficient (Wildman–Crippen LogP) is 3.06. The molecule has 116 valence electrons. The summed E-state index contributed by atoms with van der Waals surface area (Å²) in [5.74, 6) is 0.463. The highest BCUT2D eigenvalue weighted by molar-refractivity contribution is 6.29. The van der Waals surface area contributed by atoms with Crippen molar-refractivity contribution in [3.63, 3.8) is 0 Å². The first-order chi connectivity index (χ1) is 10.6. The van der Waals surface area contributed by atoms with Crippen LogP contribution in [0.5, 0.6) is 0 Å². The van der Waals surface area contributed by atoms with E-state index in [4.69, 9.17) is 16.0 Å². The standard InChI is InChI=1S/C16H17ClN2O3/c17-15-9-11(5-6-18-15)16(21)19-7-1-3-12(19)10-13(20)14-4-2-8-22-14/h2,4-6,8-9,12-13,20H,1,3,7,10H2. The van der Waals surface area contributed by atoms with E-state index < -0.39 is 6.10 Å². The van der Waals surface area contributed by atoms with Gasteiger partial charge in [-0.05, 0) is 37.1 Å². The molecule has 0 spiro atoms. The van der Waals surface area contributed by atoms with Crippen molar-refractivity contribution in [2.75, 3.05) is 6.54 Å². The molecule has 1 aliphatic heterocycles. The van der Waals surface area contributed by atoms with Gasteiger partial charge in [0.25, 0.3) is 5.91 Å². The number of pyridine rings is 1. The van der Waals surface area contributed by atoms with Gasteiger partial charge in [0.05, 0.1) is 6.26 Å². The van der Waals surface area contributed by atoms with Gasteiger partial charge in [0.2, 0.25) is 0 Å². The highest BCUT2D eigenvalue weighted by Gasteiger charge is 2.31. The van der Waals surface area contributed by atoms with Gasteiger partial charge in [0.15, 0.2) is 0 Å². The highest BCUT2D eigenvalue weighted by Crippen LogP contribution is 2.29. The Kier molecular flexibility index (Phi) is 4.45. The van der Waals surface area contributed by atoms with Crippen LogP contribution in [0.15, 0.2) is 41.1 Å². The fraction of sp³-hybridized carbons (Fsp3) is 0.375. The predicted molar refractivity (Wildman–Crippen MR) is 81.6 cm³/mol. The highest BCUT2D eigenvalue weighted by atomic mass is 35.5. The van der Waals surface area contributed by atoms with E-state index in [0.717, 1.165) is 12.8 Å². The molecule has 6 heteroatoms. The van der Waals surface area contributed by atoms with E-state index in [1.165, 1.54) is 12.5 Å². The second-order valence-corrected chi connectivity index (χ2v) is 5.82. The van der Waals surface area contributed by atoms with Gasteiger partial charge in [-0.25, -0.2) is 4.98 Å². The average molecular weight is 321 g/mol. The van der Waals surface area contributed by atoms with E-state index in [1.807, 2.05) is 0 Å². The lowest BCUT2D eigenvalue weighted by Gasteiger charge is -2.26. The third kappa shape index (κ3) is 3.15. The maximum Gasteiger partial charge on any atom is 0.254 e. The summed E-state index contributed by atoms with van der Waals surface area (Å²) in [5.41, 5.74) is 0.527. The maximum absolute atomic E-state index is 12.6. The number of halogens is 1. The molecule has 3 heterocycles. The number of carbonyl (C=O) groups excluding carboxylic acids is 1. The van der Waals surface area contributed by atoms with Crippen LogP contribution in [0.1, 0.15) is 41.5 Å². The molecular weight excluding hydrogens is 304 g/mol. The van der Waals surface area contributed by atoms with Crippen molar-refractivity contribution < 1.29 is 14.3 Å². The number of rotatable bonds is 4. The smallest absolute Gasteiger partial charge is 0.254 e. The molecule has 3 rings (SSSR count). The first kappa shape index (κ1) is 15.1. The van der Waals surface area contributed by atoms with Crippen LogP contribution in [0.25, 0.3) is 0 Å². The van der Waals surface area contributed by atoms with Crippen molar-refractivity contribution in [2.24, 2.45) is 0 Å². The molecule has 1 saturated heterocycles. The van der Waals surface area contributed by atoms with Gasteiger partial charge >= 0.3 is 0 Å². The second-order valence-electron chi connectivity index (χ2n) is 5.43. The van der Waals surface area contributed by atoms with Gasteiger partial charge < -0.3 is 14.4 Å². The van der Waals surface area contributed by atoms with Crippen LogP contribution in [-0.4, -0.2) is 33.5 Å². The Morgan fingerprint density at radius 3 is 3.14 bits per heavy atom. The summed E-state index contributed by atoms with van der Waals surface area (Å²) < 4.78 is 5.22. The summed E-state index contributed by atoms with van der Waals surface area (Å²) in [5, 5.41) is 10.5. The molecular formula is C16H17ClN2O3. The zero-order valence-electron chi connectivity index (χ0n) is 12.0. The van der Waals surface area contributed by atoms with E-state index >= 15 is 0 Å². The van der Waals surface area contributed by atoms with Crippen LogP contribution >= 0.6 is 11.6 Å². The van der Waals surface area contributed by atoms with Gasteiger partial charge in [-0.2, -0.15) is 0 Å². The minimum atomic E-state index is -0.700. The molecule has 2 aromatic rings. The Labute approximate surface area is 133 Å².